The van der Waals surface area contributed by atoms with Crippen LogP contribution in [0, 0.1) is 0 Å². The van der Waals surface area contributed by atoms with Gasteiger partial charge in [0.15, 0.2) is 11.5 Å². The topological polar surface area (TPSA) is 106 Å². The Morgan fingerprint density at radius 2 is 1.57 bits per heavy atom. The summed E-state index contributed by atoms with van der Waals surface area (Å²) in [5, 5.41) is 8.69. The van der Waals surface area contributed by atoms with Crippen LogP contribution in [0.3, 0.4) is 0 Å². The van der Waals surface area contributed by atoms with Crippen LogP contribution < -0.4 is 25.4 Å². The van der Waals surface area contributed by atoms with Gasteiger partial charge < -0.3 is 25.4 Å². The highest BCUT2D eigenvalue weighted by Crippen LogP contribution is 2.30. The molecule has 8 nitrogen and oxygen atoms in total. The fourth-order valence-corrected chi connectivity index (χ4v) is 5.25. The van der Waals surface area contributed by atoms with Gasteiger partial charge in [-0.25, -0.2) is 0 Å². The smallest absolute Gasteiger partial charge is 0.272 e. The van der Waals surface area contributed by atoms with Gasteiger partial charge in [-0.2, -0.15) is 0 Å². The lowest BCUT2D eigenvalue weighted by Gasteiger charge is -2.15. The van der Waals surface area contributed by atoms with Gasteiger partial charge in [-0.15, -0.1) is 11.8 Å². The van der Waals surface area contributed by atoms with E-state index < -0.39 is 17.1 Å². The zero-order valence-electron chi connectivity index (χ0n) is 24.0. The maximum Gasteiger partial charge on any atom is 0.272 e. The first-order chi connectivity index (χ1) is 21.2. The van der Waals surface area contributed by atoms with E-state index in [4.69, 9.17) is 32.7 Å². The molecule has 1 unspecified atom stereocenters. The van der Waals surface area contributed by atoms with Gasteiger partial charge in [-0.1, -0.05) is 53.5 Å². The molecule has 3 amide bonds. The van der Waals surface area contributed by atoms with Crippen molar-refractivity contribution in [3.05, 3.63) is 118 Å². The van der Waals surface area contributed by atoms with Crippen molar-refractivity contribution in [2.45, 2.75) is 17.1 Å². The summed E-state index contributed by atoms with van der Waals surface area (Å²) in [7, 11) is 3.04. The summed E-state index contributed by atoms with van der Waals surface area (Å²) in [5.41, 5.74) is 1.89. The van der Waals surface area contributed by atoms with Crippen molar-refractivity contribution in [1.82, 2.24) is 5.32 Å². The summed E-state index contributed by atoms with van der Waals surface area (Å²) >= 11 is 13.5. The Hall–Kier alpha value is -4.44. The van der Waals surface area contributed by atoms with E-state index in [0.29, 0.717) is 44.0 Å². The van der Waals surface area contributed by atoms with Gasteiger partial charge in [0.1, 0.15) is 5.70 Å². The van der Waals surface area contributed by atoms with Crippen LogP contribution in [0.4, 0.5) is 11.4 Å². The number of hydrogen-bond donors (Lipinski definition) is 3. The van der Waals surface area contributed by atoms with Gasteiger partial charge in [0.25, 0.3) is 11.8 Å². The number of thioether (sulfide) groups is 1. The van der Waals surface area contributed by atoms with Crippen molar-refractivity contribution >= 4 is 70.1 Å². The molecular weight excluding hydrogens is 621 g/mol. The molecule has 1 atom stereocenters. The van der Waals surface area contributed by atoms with Gasteiger partial charge in [0, 0.05) is 21.2 Å². The molecule has 0 bridgehead atoms. The van der Waals surface area contributed by atoms with Gasteiger partial charge in [-0.3, -0.25) is 14.4 Å². The van der Waals surface area contributed by atoms with E-state index in [1.165, 1.54) is 26.0 Å². The summed E-state index contributed by atoms with van der Waals surface area (Å²) in [4.78, 5) is 40.1. The lowest BCUT2D eigenvalue weighted by atomic mass is 10.1. The third-order valence-corrected chi connectivity index (χ3v) is 7.87. The zero-order chi connectivity index (χ0) is 31.6. The lowest BCUT2D eigenvalue weighted by Crippen LogP contribution is -2.30. The average Bonchev–Trinajstić information content (AvgIpc) is 3.02. The second kappa shape index (κ2) is 15.3. The number of ether oxygens (including phenoxy) is 2. The number of carbonyl (C=O) groups is 3. The maximum atomic E-state index is 13.5. The van der Waals surface area contributed by atoms with E-state index in [9.17, 15) is 14.4 Å². The number of amides is 3. The van der Waals surface area contributed by atoms with Crippen molar-refractivity contribution in [3.8, 4) is 11.5 Å². The number of nitrogens with one attached hydrogen (secondary N) is 3. The zero-order valence-corrected chi connectivity index (χ0v) is 26.3. The number of carbonyl (C=O) groups excluding carboxylic acids is 3. The Kier molecular flexibility index (Phi) is 11.3. The van der Waals surface area contributed by atoms with Gasteiger partial charge >= 0.3 is 0 Å². The van der Waals surface area contributed by atoms with Crippen molar-refractivity contribution < 1.29 is 23.9 Å². The van der Waals surface area contributed by atoms with Gasteiger partial charge in [0.2, 0.25) is 5.91 Å². The molecule has 44 heavy (non-hydrogen) atoms. The van der Waals surface area contributed by atoms with E-state index in [-0.39, 0.29) is 11.6 Å². The normalized spacial score (nSPS) is 11.7. The molecule has 0 aliphatic carbocycles. The van der Waals surface area contributed by atoms with Crippen LogP contribution in [0.1, 0.15) is 22.8 Å². The van der Waals surface area contributed by atoms with Crippen LogP contribution in [0.5, 0.6) is 11.5 Å². The Bertz CT molecular complexity index is 1700. The summed E-state index contributed by atoms with van der Waals surface area (Å²) in [6, 6.07) is 25.6. The fraction of sp³-hybridized carbons (Fsp3) is 0.121. The number of anilines is 2. The van der Waals surface area contributed by atoms with E-state index in [0.717, 1.165) is 4.90 Å². The van der Waals surface area contributed by atoms with Crippen LogP contribution in [0.15, 0.2) is 102 Å². The molecule has 0 saturated carbocycles. The van der Waals surface area contributed by atoms with Crippen LogP contribution in [-0.2, 0) is 9.59 Å². The first-order valence-corrected chi connectivity index (χ1v) is 14.9. The Morgan fingerprint density at radius 3 is 2.30 bits per heavy atom. The van der Waals surface area contributed by atoms with Crippen molar-refractivity contribution in [2.75, 3.05) is 24.9 Å². The van der Waals surface area contributed by atoms with E-state index in [1.54, 1.807) is 97.9 Å². The molecule has 0 aliphatic heterocycles. The fourth-order valence-electron chi connectivity index (χ4n) is 3.98. The molecule has 0 saturated heterocycles. The van der Waals surface area contributed by atoms with Crippen molar-refractivity contribution in [2.24, 2.45) is 0 Å². The second-order valence-corrected chi connectivity index (χ2v) is 11.6. The third kappa shape index (κ3) is 8.79. The predicted octanol–water partition coefficient (Wildman–Crippen LogP) is 7.54. The molecule has 0 fully saturated rings. The minimum atomic E-state index is -0.549. The molecule has 0 radical (unpaired) electrons. The molecule has 4 aromatic carbocycles. The maximum absolute atomic E-state index is 13.5. The molecule has 0 heterocycles. The molecule has 0 aromatic heterocycles. The molecule has 0 aliphatic rings. The molecule has 3 N–H and O–H groups in total. The minimum Gasteiger partial charge on any atom is -0.493 e. The largest absolute Gasteiger partial charge is 0.493 e. The first kappa shape index (κ1) is 32.5. The minimum absolute atomic E-state index is 0.00951. The van der Waals surface area contributed by atoms with Crippen LogP contribution >= 0.6 is 35.0 Å². The second-order valence-electron chi connectivity index (χ2n) is 9.35. The van der Waals surface area contributed by atoms with Crippen molar-refractivity contribution in [3.63, 3.8) is 0 Å². The summed E-state index contributed by atoms with van der Waals surface area (Å²) in [6.45, 7) is 1.76. The van der Waals surface area contributed by atoms with Gasteiger partial charge in [-0.05, 0) is 79.2 Å². The van der Waals surface area contributed by atoms with Gasteiger partial charge in [0.05, 0.1) is 30.2 Å². The van der Waals surface area contributed by atoms with Crippen LogP contribution in [0.2, 0.25) is 10.0 Å². The molecule has 226 valence electrons. The summed E-state index contributed by atoms with van der Waals surface area (Å²) in [6.07, 6.45) is 1.55. The van der Waals surface area contributed by atoms with Crippen LogP contribution in [0.25, 0.3) is 6.08 Å². The standard InChI is InChI=1S/C33H29Cl2N3O5S/c1-20(31(39)37-27-18-23(34)13-14-26(27)35)44-25-11-7-10-24(19-25)36-33(41)28(38-32(40)22-8-5-4-6-9-22)16-21-12-15-29(42-2)30(17-21)43-3/h4-20H,1-3H3,(H,36,41)(H,37,39)(H,38,40)/b28-16+. The first-order valence-electron chi connectivity index (χ1n) is 13.3. The molecular formula is C33H29Cl2N3O5S. The van der Waals surface area contributed by atoms with Crippen molar-refractivity contribution in [1.29, 1.82) is 0 Å². The summed E-state index contributed by atoms with van der Waals surface area (Å²) < 4.78 is 10.7. The third-order valence-electron chi connectivity index (χ3n) is 6.21. The number of hydrogen-bond acceptors (Lipinski definition) is 6. The highest BCUT2D eigenvalue weighted by Gasteiger charge is 2.18. The van der Waals surface area contributed by atoms with E-state index in [2.05, 4.69) is 16.0 Å². The SMILES string of the molecule is COc1ccc(/C=C(/NC(=O)c2ccccc2)C(=O)Nc2cccc(SC(C)C(=O)Nc3cc(Cl)ccc3Cl)c2)cc1OC. The summed E-state index contributed by atoms with van der Waals surface area (Å²) in [5.74, 6) is -0.269. The van der Waals surface area contributed by atoms with E-state index in [1.807, 2.05) is 6.07 Å². The molecule has 11 heteroatoms. The monoisotopic (exact) mass is 649 g/mol. The highest BCUT2D eigenvalue weighted by atomic mass is 35.5. The molecule has 4 rings (SSSR count). The highest BCUT2D eigenvalue weighted by molar-refractivity contribution is 8.00. The Balaban J connectivity index is 1.52. The van der Waals surface area contributed by atoms with Crippen LogP contribution in [-0.4, -0.2) is 37.2 Å². The predicted molar refractivity (Wildman–Crippen MR) is 177 cm³/mol. The Labute approximate surface area is 269 Å². The molecule has 0 spiro atoms. The number of benzene rings is 4. The lowest BCUT2D eigenvalue weighted by molar-refractivity contribution is -0.115. The quantitative estimate of drug-likeness (QED) is 0.114. The average molecular weight is 651 g/mol. The Morgan fingerprint density at radius 1 is 0.818 bits per heavy atom. The number of rotatable bonds is 11. The number of halogens is 2. The number of methoxy groups -OCH3 is 2. The molecule has 4 aromatic rings. The van der Waals surface area contributed by atoms with E-state index >= 15 is 0 Å².